The van der Waals surface area contributed by atoms with Gasteiger partial charge < -0.3 is 15.3 Å². The van der Waals surface area contributed by atoms with Crippen molar-refractivity contribution in [3.05, 3.63) is 70.1 Å². The third kappa shape index (κ3) is 5.49. The van der Waals surface area contributed by atoms with Crippen molar-refractivity contribution in [3.8, 4) is 11.1 Å². The maximum atomic E-state index is 16.2. The van der Waals surface area contributed by atoms with Crippen LogP contribution in [0, 0.1) is 0 Å². The Morgan fingerprint density at radius 1 is 1.19 bits per heavy atom. The number of hydrogen-bond acceptors (Lipinski definition) is 6. The summed E-state index contributed by atoms with van der Waals surface area (Å²) in [4.78, 5) is 14.7. The van der Waals surface area contributed by atoms with E-state index >= 15 is 4.39 Å². The first-order valence-electron chi connectivity index (χ1n) is 11.5. The molecule has 0 radical (unpaired) electrons. The Balaban J connectivity index is 1.60. The summed E-state index contributed by atoms with van der Waals surface area (Å²) in [5.74, 6) is -0.839. The second-order valence-corrected chi connectivity index (χ2v) is 12.1. The number of aliphatic hydroxyl groups excluding tert-OH is 1. The van der Waals surface area contributed by atoms with Gasteiger partial charge in [0.05, 0.1) is 4.34 Å². The van der Waals surface area contributed by atoms with E-state index in [2.05, 4.69) is 5.32 Å². The standard InChI is InChI=1S/C25H27ClFN3O4S2/c26-22-15-21(23(35-22)36(28,33)34)25(27)11-3-13-30(24(25)32)19-9-7-17(8-10-19)20-6-2-1-5-18(20)16-29-12-4-14-31/h1-2,5-10,15,29,31H,3-4,11-14,16H2,(H2,28,33,34). The van der Waals surface area contributed by atoms with E-state index in [0.29, 0.717) is 49.5 Å². The van der Waals surface area contributed by atoms with Crippen LogP contribution in [0.25, 0.3) is 11.1 Å². The summed E-state index contributed by atoms with van der Waals surface area (Å²) >= 11 is 6.63. The summed E-state index contributed by atoms with van der Waals surface area (Å²) in [6.45, 7) is 1.78. The lowest BCUT2D eigenvalue weighted by Gasteiger charge is -2.36. The molecule has 1 saturated heterocycles. The van der Waals surface area contributed by atoms with Gasteiger partial charge in [0, 0.05) is 30.9 Å². The van der Waals surface area contributed by atoms with Gasteiger partial charge in [-0.3, -0.25) is 4.79 Å². The number of hydrogen-bond donors (Lipinski definition) is 3. The molecular weight excluding hydrogens is 525 g/mol. The zero-order valence-corrected chi connectivity index (χ0v) is 21.8. The van der Waals surface area contributed by atoms with E-state index in [4.69, 9.17) is 21.8 Å². The maximum Gasteiger partial charge on any atom is 0.269 e. The SMILES string of the molecule is NS(=O)(=O)c1sc(Cl)cc1C1(F)CCCN(c2ccc(-c3ccccc3CNCCCO)cc2)C1=O. The van der Waals surface area contributed by atoms with Crippen LogP contribution in [0.4, 0.5) is 10.1 Å². The van der Waals surface area contributed by atoms with Crippen molar-refractivity contribution in [2.45, 2.75) is 35.7 Å². The second-order valence-electron chi connectivity index (χ2n) is 8.62. The highest BCUT2D eigenvalue weighted by atomic mass is 35.5. The van der Waals surface area contributed by atoms with E-state index < -0.39 is 25.8 Å². The number of benzene rings is 2. The molecule has 1 aliphatic heterocycles. The van der Waals surface area contributed by atoms with Crippen LogP contribution in [0.3, 0.4) is 0 Å². The molecule has 1 unspecified atom stereocenters. The number of nitrogens with zero attached hydrogens (tertiary/aromatic N) is 1. The van der Waals surface area contributed by atoms with Crippen molar-refractivity contribution in [1.29, 1.82) is 0 Å². The maximum absolute atomic E-state index is 16.2. The Morgan fingerprint density at radius 3 is 2.61 bits per heavy atom. The van der Waals surface area contributed by atoms with Gasteiger partial charge in [-0.05, 0) is 60.7 Å². The molecule has 0 spiro atoms. The molecule has 1 fully saturated rings. The Hall–Kier alpha value is -2.34. The topological polar surface area (TPSA) is 113 Å². The van der Waals surface area contributed by atoms with Crippen LogP contribution in [-0.2, 0) is 27.0 Å². The Morgan fingerprint density at radius 2 is 1.92 bits per heavy atom. The highest BCUT2D eigenvalue weighted by molar-refractivity contribution is 7.91. The molecule has 3 aromatic rings. The van der Waals surface area contributed by atoms with Crippen molar-refractivity contribution < 1.29 is 22.7 Å². The van der Waals surface area contributed by atoms with Gasteiger partial charge in [-0.15, -0.1) is 11.3 Å². The number of carbonyl (C=O) groups excluding carboxylic acids is 1. The molecule has 1 aromatic heterocycles. The number of nitrogens with one attached hydrogen (secondary N) is 1. The van der Waals surface area contributed by atoms with Gasteiger partial charge in [-0.2, -0.15) is 0 Å². The third-order valence-corrected chi connectivity index (χ3v) is 8.92. The number of sulfonamides is 1. The fourth-order valence-corrected chi connectivity index (χ4v) is 6.86. The third-order valence-electron chi connectivity index (χ3n) is 6.17. The van der Waals surface area contributed by atoms with Crippen LogP contribution in [-0.4, -0.2) is 39.1 Å². The molecule has 1 aliphatic rings. The highest BCUT2D eigenvalue weighted by Crippen LogP contribution is 2.45. The van der Waals surface area contributed by atoms with Crippen molar-refractivity contribution in [2.75, 3.05) is 24.6 Å². The first-order chi connectivity index (χ1) is 17.1. The minimum absolute atomic E-state index is 0.0462. The van der Waals surface area contributed by atoms with Crippen molar-refractivity contribution in [3.63, 3.8) is 0 Å². The molecule has 4 N–H and O–H groups in total. The average molecular weight is 552 g/mol. The van der Waals surface area contributed by atoms with Crippen molar-refractivity contribution >= 4 is 44.6 Å². The molecule has 0 saturated carbocycles. The molecule has 0 bridgehead atoms. The van der Waals surface area contributed by atoms with Crippen molar-refractivity contribution in [2.24, 2.45) is 5.14 Å². The van der Waals surface area contributed by atoms with E-state index in [1.807, 2.05) is 36.4 Å². The van der Waals surface area contributed by atoms with Crippen LogP contribution in [0.1, 0.15) is 30.4 Å². The van der Waals surface area contributed by atoms with Gasteiger partial charge in [0.1, 0.15) is 4.21 Å². The van der Waals surface area contributed by atoms with Gasteiger partial charge in [-0.25, -0.2) is 17.9 Å². The Kier molecular flexibility index (Phi) is 8.13. The molecule has 36 heavy (non-hydrogen) atoms. The number of carbonyl (C=O) groups is 1. The van der Waals surface area contributed by atoms with Crippen LogP contribution in [0.15, 0.2) is 58.8 Å². The summed E-state index contributed by atoms with van der Waals surface area (Å²) in [6.07, 6.45) is 0.851. The lowest BCUT2D eigenvalue weighted by atomic mass is 9.87. The number of rotatable bonds is 9. The largest absolute Gasteiger partial charge is 0.396 e. The molecule has 0 aliphatic carbocycles. The molecule has 1 atom stereocenters. The zero-order chi connectivity index (χ0) is 25.9. The number of piperidine rings is 1. The number of nitrogens with two attached hydrogens (primary N) is 1. The van der Waals surface area contributed by atoms with Gasteiger partial charge in [0.25, 0.3) is 5.91 Å². The van der Waals surface area contributed by atoms with Gasteiger partial charge in [-0.1, -0.05) is 48.0 Å². The lowest BCUT2D eigenvalue weighted by molar-refractivity contribution is -0.133. The zero-order valence-electron chi connectivity index (χ0n) is 19.4. The van der Waals surface area contributed by atoms with E-state index in [1.54, 1.807) is 12.1 Å². The average Bonchev–Trinajstić information content (AvgIpc) is 3.27. The fraction of sp³-hybridized carbons (Fsp3) is 0.320. The van der Waals surface area contributed by atoms with E-state index in [1.165, 1.54) is 11.0 Å². The predicted octanol–water partition coefficient (Wildman–Crippen LogP) is 4.18. The first kappa shape index (κ1) is 26.7. The van der Waals surface area contributed by atoms with Crippen LogP contribution in [0.2, 0.25) is 4.34 Å². The fourth-order valence-electron chi connectivity index (χ4n) is 4.44. The minimum Gasteiger partial charge on any atom is -0.396 e. The monoisotopic (exact) mass is 551 g/mol. The number of anilines is 1. The summed E-state index contributed by atoms with van der Waals surface area (Å²) < 4.78 is 39.9. The number of alkyl halides is 1. The Labute approximate surface area is 218 Å². The number of thiophene rings is 1. The van der Waals surface area contributed by atoms with Crippen molar-refractivity contribution in [1.82, 2.24) is 5.32 Å². The quantitative estimate of drug-likeness (QED) is 0.345. The van der Waals surface area contributed by atoms with E-state index in [0.717, 1.165) is 16.7 Å². The number of primary sulfonamides is 1. The van der Waals surface area contributed by atoms with Crippen LogP contribution in [0.5, 0.6) is 0 Å². The second kappa shape index (κ2) is 11.0. The van der Waals surface area contributed by atoms with Gasteiger partial charge >= 0.3 is 0 Å². The normalized spacial score (nSPS) is 18.6. The first-order valence-corrected chi connectivity index (χ1v) is 14.2. The number of amides is 1. The molecule has 1 amide bonds. The lowest BCUT2D eigenvalue weighted by Crippen LogP contribution is -2.49. The molecule has 2 heterocycles. The number of halogens is 2. The summed E-state index contributed by atoms with van der Waals surface area (Å²) in [7, 11) is -4.25. The molecule has 2 aromatic carbocycles. The van der Waals surface area contributed by atoms with Crippen LogP contribution < -0.4 is 15.4 Å². The van der Waals surface area contributed by atoms with Gasteiger partial charge in [0.2, 0.25) is 15.7 Å². The predicted molar refractivity (Wildman–Crippen MR) is 140 cm³/mol. The Bertz CT molecular complexity index is 1350. The van der Waals surface area contributed by atoms with E-state index in [-0.39, 0.29) is 22.9 Å². The van der Waals surface area contributed by atoms with Gasteiger partial charge in [0.15, 0.2) is 0 Å². The summed E-state index contributed by atoms with van der Waals surface area (Å²) in [5.41, 5.74) is 0.725. The molecule has 11 heteroatoms. The minimum atomic E-state index is -4.25. The van der Waals surface area contributed by atoms with Crippen LogP contribution >= 0.6 is 22.9 Å². The molecule has 192 valence electrons. The molecule has 4 rings (SSSR count). The van der Waals surface area contributed by atoms with E-state index in [9.17, 15) is 13.2 Å². The summed E-state index contributed by atoms with van der Waals surface area (Å²) in [6, 6.07) is 16.4. The molecular formula is C25H27ClFN3O4S2. The number of aliphatic hydroxyl groups is 1. The smallest absolute Gasteiger partial charge is 0.269 e. The summed E-state index contributed by atoms with van der Waals surface area (Å²) in [5, 5.41) is 17.5. The highest BCUT2D eigenvalue weighted by Gasteiger charge is 2.49. The molecule has 7 nitrogen and oxygen atoms in total.